The number of nitrogens with zero attached hydrogens (tertiary/aromatic N) is 1. The molecule has 20 heavy (non-hydrogen) atoms. The van der Waals surface area contributed by atoms with Crippen molar-refractivity contribution in [2.75, 3.05) is 19.8 Å². The van der Waals surface area contributed by atoms with Crippen LogP contribution >= 0.6 is 15.9 Å². The lowest BCUT2D eigenvalue weighted by Crippen LogP contribution is -2.52. The number of hydrogen-bond donors (Lipinski definition) is 1. The van der Waals surface area contributed by atoms with Crippen molar-refractivity contribution in [1.29, 1.82) is 0 Å². The molecule has 1 unspecified atom stereocenters. The zero-order chi connectivity index (χ0) is 14.9. The fraction of sp³-hybridized carbons (Fsp3) is 0.333. The summed E-state index contributed by atoms with van der Waals surface area (Å²) in [5, 5.41) is 9.02. The maximum atomic E-state index is 13.7. The minimum absolute atomic E-state index is 0.0370. The summed E-state index contributed by atoms with van der Waals surface area (Å²) >= 11 is 2.91. The van der Waals surface area contributed by atoms with Gasteiger partial charge >= 0.3 is 5.97 Å². The molecule has 0 bridgehead atoms. The molecule has 0 saturated carbocycles. The molecule has 1 atom stereocenters. The van der Waals surface area contributed by atoms with Crippen LogP contribution in [0.3, 0.4) is 0 Å². The van der Waals surface area contributed by atoms with E-state index in [2.05, 4.69) is 15.9 Å². The van der Waals surface area contributed by atoms with Crippen molar-refractivity contribution in [2.24, 2.45) is 0 Å². The summed E-state index contributed by atoms with van der Waals surface area (Å²) in [4.78, 5) is 24.1. The Morgan fingerprint density at radius 2 is 1.95 bits per heavy atom. The first kappa shape index (κ1) is 14.9. The van der Waals surface area contributed by atoms with E-state index in [1.165, 1.54) is 0 Å². The number of carbonyl (C=O) groups is 2. The average molecular weight is 350 g/mol. The third-order valence-corrected chi connectivity index (χ3v) is 3.35. The number of aliphatic carboxylic acids is 1. The molecule has 1 aromatic carbocycles. The number of amides is 1. The summed E-state index contributed by atoms with van der Waals surface area (Å²) in [6, 6.07) is 0.651. The molecule has 0 aliphatic carbocycles. The molecule has 1 N–H and O–H groups in total. The quantitative estimate of drug-likeness (QED) is 0.881. The minimum Gasteiger partial charge on any atom is -0.480 e. The largest absolute Gasteiger partial charge is 0.480 e. The van der Waals surface area contributed by atoms with E-state index in [0.717, 1.165) is 17.0 Å². The molecule has 0 radical (unpaired) electrons. The Kier molecular flexibility index (Phi) is 4.34. The highest BCUT2D eigenvalue weighted by atomic mass is 79.9. The molecule has 108 valence electrons. The molecule has 1 fully saturated rings. The predicted octanol–water partition coefficient (Wildman–Crippen LogP) is 1.65. The highest BCUT2D eigenvalue weighted by Crippen LogP contribution is 2.22. The molecule has 2 rings (SSSR count). The lowest BCUT2D eigenvalue weighted by atomic mass is 10.1. The van der Waals surface area contributed by atoms with Gasteiger partial charge < -0.3 is 14.7 Å². The van der Waals surface area contributed by atoms with Crippen LogP contribution in [-0.2, 0) is 9.53 Å². The molecular weight excluding hydrogens is 340 g/mol. The SMILES string of the molecule is O=C(O)C1COCCN1C(=O)c1c(F)cc(Br)cc1F. The van der Waals surface area contributed by atoms with Crippen molar-refractivity contribution in [3.05, 3.63) is 33.8 Å². The summed E-state index contributed by atoms with van der Waals surface area (Å²) < 4.78 is 32.6. The summed E-state index contributed by atoms with van der Waals surface area (Å²) in [6.45, 7) is -0.124. The van der Waals surface area contributed by atoms with Crippen molar-refractivity contribution in [2.45, 2.75) is 6.04 Å². The standard InChI is InChI=1S/C12H10BrF2NO4/c13-6-3-7(14)10(8(15)4-6)11(17)16-1-2-20-5-9(16)12(18)19/h3-4,9H,1-2,5H2,(H,18,19). The summed E-state index contributed by atoms with van der Waals surface area (Å²) in [6.07, 6.45) is 0. The lowest BCUT2D eigenvalue weighted by molar-refractivity contribution is -0.147. The fourth-order valence-corrected chi connectivity index (χ4v) is 2.34. The predicted molar refractivity (Wildman–Crippen MR) is 67.3 cm³/mol. The zero-order valence-corrected chi connectivity index (χ0v) is 11.7. The first-order valence-corrected chi connectivity index (χ1v) is 6.47. The van der Waals surface area contributed by atoms with E-state index in [9.17, 15) is 18.4 Å². The van der Waals surface area contributed by atoms with Crippen LogP contribution < -0.4 is 0 Å². The van der Waals surface area contributed by atoms with Crippen molar-refractivity contribution in [1.82, 2.24) is 4.90 Å². The molecule has 1 aliphatic rings. The van der Waals surface area contributed by atoms with Gasteiger partial charge in [0.05, 0.1) is 13.2 Å². The maximum Gasteiger partial charge on any atom is 0.328 e. The van der Waals surface area contributed by atoms with Crippen molar-refractivity contribution >= 4 is 27.8 Å². The molecule has 1 aliphatic heterocycles. The van der Waals surface area contributed by atoms with Gasteiger partial charge in [0.1, 0.15) is 17.2 Å². The van der Waals surface area contributed by atoms with E-state index < -0.39 is 35.1 Å². The second-order valence-electron chi connectivity index (χ2n) is 4.17. The minimum atomic E-state index is -1.28. The molecule has 1 amide bonds. The Balaban J connectivity index is 2.37. The summed E-state index contributed by atoms with van der Waals surface area (Å²) in [7, 11) is 0. The van der Waals surface area contributed by atoms with Gasteiger partial charge in [-0.3, -0.25) is 4.79 Å². The Morgan fingerprint density at radius 1 is 1.35 bits per heavy atom. The van der Waals surface area contributed by atoms with Gasteiger partial charge in [0.25, 0.3) is 5.91 Å². The lowest BCUT2D eigenvalue weighted by Gasteiger charge is -2.33. The Bertz CT molecular complexity index is 543. The van der Waals surface area contributed by atoms with Crippen LogP contribution in [-0.4, -0.2) is 47.7 Å². The van der Waals surface area contributed by atoms with Crippen LogP contribution in [0.25, 0.3) is 0 Å². The van der Waals surface area contributed by atoms with E-state index >= 15 is 0 Å². The van der Waals surface area contributed by atoms with Crippen LogP contribution in [0.4, 0.5) is 8.78 Å². The number of carbonyl (C=O) groups excluding carboxylic acids is 1. The van der Waals surface area contributed by atoms with E-state index in [4.69, 9.17) is 9.84 Å². The van der Waals surface area contributed by atoms with E-state index in [1.807, 2.05) is 0 Å². The number of morpholine rings is 1. The molecule has 1 heterocycles. The number of ether oxygens (including phenoxy) is 1. The van der Waals surface area contributed by atoms with Crippen LogP contribution in [0.1, 0.15) is 10.4 Å². The van der Waals surface area contributed by atoms with E-state index in [0.29, 0.717) is 0 Å². The smallest absolute Gasteiger partial charge is 0.328 e. The van der Waals surface area contributed by atoms with Crippen molar-refractivity contribution in [3.63, 3.8) is 0 Å². The third kappa shape index (κ3) is 2.80. The number of carboxylic acids is 1. The van der Waals surface area contributed by atoms with E-state index in [1.54, 1.807) is 0 Å². The molecule has 8 heteroatoms. The number of halogens is 3. The first-order valence-electron chi connectivity index (χ1n) is 5.68. The second kappa shape index (κ2) is 5.84. The fourth-order valence-electron chi connectivity index (χ4n) is 1.94. The van der Waals surface area contributed by atoms with Gasteiger partial charge in [-0.2, -0.15) is 0 Å². The second-order valence-corrected chi connectivity index (χ2v) is 5.09. The molecular formula is C12H10BrF2NO4. The normalized spacial score (nSPS) is 18.9. The van der Waals surface area contributed by atoms with Gasteiger partial charge in [-0.05, 0) is 12.1 Å². The molecule has 1 aromatic rings. The van der Waals surface area contributed by atoms with Crippen molar-refractivity contribution < 1.29 is 28.2 Å². The maximum absolute atomic E-state index is 13.7. The monoisotopic (exact) mass is 349 g/mol. The molecule has 0 spiro atoms. The van der Waals surface area contributed by atoms with E-state index in [-0.39, 0.29) is 24.2 Å². The molecule has 1 saturated heterocycles. The molecule has 0 aromatic heterocycles. The van der Waals surface area contributed by atoms with Gasteiger partial charge in [-0.25, -0.2) is 13.6 Å². The highest BCUT2D eigenvalue weighted by Gasteiger charge is 2.35. The molecule has 5 nitrogen and oxygen atoms in total. The van der Waals surface area contributed by atoms with Crippen LogP contribution in [0.15, 0.2) is 16.6 Å². The number of hydrogen-bond acceptors (Lipinski definition) is 3. The van der Waals surface area contributed by atoms with Gasteiger partial charge in [-0.15, -0.1) is 0 Å². The number of carboxylic acid groups (broad SMARTS) is 1. The Labute approximate surface area is 121 Å². The number of benzene rings is 1. The van der Waals surface area contributed by atoms with Crippen molar-refractivity contribution in [3.8, 4) is 0 Å². The van der Waals surface area contributed by atoms with Gasteiger partial charge in [0.2, 0.25) is 0 Å². The summed E-state index contributed by atoms with van der Waals surface area (Å²) in [5.41, 5.74) is -0.763. The highest BCUT2D eigenvalue weighted by molar-refractivity contribution is 9.10. The topological polar surface area (TPSA) is 66.8 Å². The Hall–Kier alpha value is -1.54. The van der Waals surface area contributed by atoms with Crippen LogP contribution in [0, 0.1) is 11.6 Å². The van der Waals surface area contributed by atoms with Crippen LogP contribution in [0.5, 0.6) is 0 Å². The zero-order valence-electron chi connectivity index (χ0n) is 10.1. The van der Waals surface area contributed by atoms with Gasteiger partial charge in [-0.1, -0.05) is 15.9 Å². The third-order valence-electron chi connectivity index (χ3n) is 2.90. The van der Waals surface area contributed by atoms with Crippen LogP contribution in [0.2, 0.25) is 0 Å². The summed E-state index contributed by atoms with van der Waals surface area (Å²) in [5.74, 6) is -4.37. The number of rotatable bonds is 2. The van der Waals surface area contributed by atoms with Gasteiger partial charge in [0, 0.05) is 11.0 Å². The first-order chi connectivity index (χ1) is 9.41. The van der Waals surface area contributed by atoms with Gasteiger partial charge in [0.15, 0.2) is 6.04 Å². The Morgan fingerprint density at radius 3 is 2.50 bits per heavy atom. The average Bonchev–Trinajstić information content (AvgIpc) is 2.37.